The molecule has 2 rings (SSSR count). The van der Waals surface area contributed by atoms with E-state index in [2.05, 4.69) is 10.3 Å². The first-order valence-corrected chi connectivity index (χ1v) is 5.60. The zero-order chi connectivity index (χ0) is 14.2. The Morgan fingerprint density at radius 2 is 2.11 bits per heavy atom. The molecule has 0 aliphatic carbocycles. The van der Waals surface area contributed by atoms with Crippen molar-refractivity contribution in [1.29, 1.82) is 0 Å². The fourth-order valence-electron chi connectivity index (χ4n) is 1.54. The van der Waals surface area contributed by atoms with Crippen LogP contribution >= 0.6 is 0 Å². The van der Waals surface area contributed by atoms with Gasteiger partial charge in [0.05, 0.1) is 11.2 Å². The number of phenols is 1. The molecule has 7 nitrogen and oxygen atoms in total. The number of H-pyrrole nitrogens is 1. The molecule has 102 valence electrons. The van der Waals surface area contributed by atoms with E-state index in [1.807, 2.05) is 0 Å². The summed E-state index contributed by atoms with van der Waals surface area (Å²) in [5.74, 6) is -0.929. The minimum atomic E-state index is -0.681. The quantitative estimate of drug-likeness (QED) is 0.733. The van der Waals surface area contributed by atoms with Crippen LogP contribution in [0.3, 0.4) is 0 Å². The van der Waals surface area contributed by atoms with Crippen molar-refractivity contribution in [2.75, 3.05) is 5.32 Å². The molecule has 0 atom stereocenters. The predicted octanol–water partition coefficient (Wildman–Crippen LogP) is 2.17. The maximum Gasteiger partial charge on any atom is 0.417 e. The smallest absolute Gasteiger partial charge is 0.417 e. The topological polar surface area (TPSA) is 105 Å². The zero-order valence-corrected chi connectivity index (χ0v) is 10.7. The van der Waals surface area contributed by atoms with Crippen LogP contribution in [0.2, 0.25) is 0 Å². The molecule has 3 N–H and O–H groups in total. The number of aromatic nitrogens is 1. The molecule has 1 heterocycles. The van der Waals surface area contributed by atoms with E-state index in [0.29, 0.717) is 0 Å². The van der Waals surface area contributed by atoms with Gasteiger partial charge in [0, 0.05) is 6.07 Å². The van der Waals surface area contributed by atoms with Gasteiger partial charge >= 0.3 is 11.8 Å². The number of hydrogen-bond acceptors (Lipinski definition) is 5. The number of amides is 1. The summed E-state index contributed by atoms with van der Waals surface area (Å²) in [6.45, 7) is 5.21. The molecule has 1 aromatic carbocycles. The molecule has 0 aliphatic heterocycles. The molecule has 0 unspecified atom stereocenters. The van der Waals surface area contributed by atoms with Crippen molar-refractivity contribution < 1.29 is 19.1 Å². The molecule has 0 saturated heterocycles. The Hall–Kier alpha value is -2.44. The maximum atomic E-state index is 11.6. The molecule has 0 saturated carbocycles. The van der Waals surface area contributed by atoms with E-state index in [1.54, 1.807) is 20.8 Å². The second kappa shape index (κ2) is 4.34. The second-order valence-corrected chi connectivity index (χ2v) is 5.01. The fourth-order valence-corrected chi connectivity index (χ4v) is 1.54. The number of oxazole rings is 1. The van der Waals surface area contributed by atoms with Crippen LogP contribution in [-0.2, 0) is 4.74 Å². The van der Waals surface area contributed by atoms with Crippen LogP contribution < -0.4 is 11.1 Å². The largest absolute Gasteiger partial charge is 0.504 e. The molecule has 0 fully saturated rings. The lowest BCUT2D eigenvalue weighted by Crippen LogP contribution is -2.27. The first-order chi connectivity index (χ1) is 8.74. The van der Waals surface area contributed by atoms with E-state index in [-0.39, 0.29) is 22.5 Å². The second-order valence-electron chi connectivity index (χ2n) is 5.01. The third-order valence-electron chi connectivity index (χ3n) is 2.15. The number of rotatable bonds is 1. The maximum absolute atomic E-state index is 11.6. The normalized spacial score (nSPS) is 11.5. The SMILES string of the molecule is CC(C)(C)OC(=O)Nc1cc(O)c2oc(=O)[nH]c2c1. The number of phenolic OH excluding ortho intramolecular Hbond substituents is 1. The van der Waals surface area contributed by atoms with Gasteiger partial charge in [-0.05, 0) is 26.8 Å². The zero-order valence-electron chi connectivity index (χ0n) is 10.7. The molecule has 0 spiro atoms. The van der Waals surface area contributed by atoms with Crippen LogP contribution in [0.25, 0.3) is 11.1 Å². The highest BCUT2D eigenvalue weighted by Crippen LogP contribution is 2.27. The Morgan fingerprint density at radius 3 is 2.74 bits per heavy atom. The number of carbonyl (C=O) groups is 1. The Labute approximate surface area is 108 Å². The number of ether oxygens (including phenoxy) is 1. The van der Waals surface area contributed by atoms with E-state index in [0.717, 1.165) is 0 Å². The number of anilines is 1. The van der Waals surface area contributed by atoms with Crippen LogP contribution in [0.5, 0.6) is 5.75 Å². The van der Waals surface area contributed by atoms with E-state index < -0.39 is 17.5 Å². The van der Waals surface area contributed by atoms with Gasteiger partial charge in [-0.25, -0.2) is 9.59 Å². The third kappa shape index (κ3) is 3.06. The van der Waals surface area contributed by atoms with E-state index in [9.17, 15) is 14.7 Å². The molecule has 19 heavy (non-hydrogen) atoms. The number of nitrogens with one attached hydrogen (secondary N) is 2. The highest BCUT2D eigenvalue weighted by Gasteiger charge is 2.17. The minimum Gasteiger partial charge on any atom is -0.504 e. The first-order valence-electron chi connectivity index (χ1n) is 5.60. The van der Waals surface area contributed by atoms with Gasteiger partial charge in [-0.2, -0.15) is 0 Å². The summed E-state index contributed by atoms with van der Waals surface area (Å²) < 4.78 is 9.81. The summed E-state index contributed by atoms with van der Waals surface area (Å²) in [6, 6.07) is 2.73. The summed E-state index contributed by atoms with van der Waals surface area (Å²) >= 11 is 0. The average molecular weight is 266 g/mol. The van der Waals surface area contributed by atoms with Crippen molar-refractivity contribution in [1.82, 2.24) is 4.98 Å². The van der Waals surface area contributed by atoms with Gasteiger partial charge < -0.3 is 14.3 Å². The first kappa shape index (κ1) is 13.0. The molecule has 1 amide bonds. The van der Waals surface area contributed by atoms with Crippen molar-refractivity contribution >= 4 is 22.9 Å². The van der Waals surface area contributed by atoms with E-state index in [1.165, 1.54) is 12.1 Å². The van der Waals surface area contributed by atoms with Crippen LogP contribution in [0, 0.1) is 0 Å². The molecule has 7 heteroatoms. The van der Waals surface area contributed by atoms with Crippen molar-refractivity contribution in [3.63, 3.8) is 0 Å². The average Bonchev–Trinajstić information content (AvgIpc) is 2.55. The lowest BCUT2D eigenvalue weighted by atomic mass is 10.2. The Bertz CT molecular complexity index is 677. The summed E-state index contributed by atoms with van der Waals surface area (Å²) in [4.78, 5) is 25.0. The van der Waals surface area contributed by atoms with Crippen molar-refractivity contribution in [2.24, 2.45) is 0 Å². The van der Waals surface area contributed by atoms with Gasteiger partial charge in [0.15, 0.2) is 11.3 Å². The van der Waals surface area contributed by atoms with Crippen molar-refractivity contribution in [2.45, 2.75) is 26.4 Å². The Morgan fingerprint density at radius 1 is 1.42 bits per heavy atom. The summed E-state index contributed by atoms with van der Waals surface area (Å²) in [6.07, 6.45) is -0.655. The number of benzene rings is 1. The highest BCUT2D eigenvalue weighted by molar-refractivity contribution is 5.90. The van der Waals surface area contributed by atoms with Crippen LogP contribution in [0.1, 0.15) is 20.8 Å². The Kier molecular flexibility index (Phi) is 2.97. The molecule has 0 aliphatic rings. The Balaban J connectivity index is 2.26. The van der Waals surface area contributed by atoms with Gasteiger partial charge in [0.2, 0.25) is 0 Å². The molecule has 2 aromatic rings. The summed E-state index contributed by atoms with van der Waals surface area (Å²) in [7, 11) is 0. The van der Waals surface area contributed by atoms with Crippen LogP contribution in [-0.4, -0.2) is 21.8 Å². The van der Waals surface area contributed by atoms with Gasteiger partial charge in [0.25, 0.3) is 0 Å². The standard InChI is InChI=1S/C12H14N2O5/c1-12(2,3)19-11(17)13-6-4-7-9(8(15)5-6)18-10(16)14-7/h4-5,15H,1-3H3,(H,13,17)(H,14,16). The number of carbonyl (C=O) groups excluding carboxylic acids is 1. The highest BCUT2D eigenvalue weighted by atomic mass is 16.6. The van der Waals surface area contributed by atoms with E-state index in [4.69, 9.17) is 9.15 Å². The van der Waals surface area contributed by atoms with Crippen LogP contribution in [0.15, 0.2) is 21.3 Å². The lowest BCUT2D eigenvalue weighted by Gasteiger charge is -2.19. The summed E-state index contributed by atoms with van der Waals surface area (Å²) in [5.41, 5.74) is -0.00714. The van der Waals surface area contributed by atoms with Gasteiger partial charge in [-0.1, -0.05) is 0 Å². The molecule has 0 radical (unpaired) electrons. The minimum absolute atomic E-state index is 0.0414. The molecule has 1 aromatic heterocycles. The molecular weight excluding hydrogens is 252 g/mol. The predicted molar refractivity (Wildman–Crippen MR) is 68.4 cm³/mol. The number of hydrogen-bond donors (Lipinski definition) is 3. The van der Waals surface area contributed by atoms with Crippen LogP contribution in [0.4, 0.5) is 10.5 Å². The lowest BCUT2D eigenvalue weighted by molar-refractivity contribution is 0.0636. The fraction of sp³-hybridized carbons (Fsp3) is 0.333. The number of fused-ring (bicyclic) bond motifs is 1. The van der Waals surface area contributed by atoms with Gasteiger partial charge in [-0.3, -0.25) is 10.3 Å². The van der Waals surface area contributed by atoms with Crippen molar-refractivity contribution in [3.05, 3.63) is 22.7 Å². The van der Waals surface area contributed by atoms with Gasteiger partial charge in [0.1, 0.15) is 5.60 Å². The molecule has 0 bridgehead atoms. The summed E-state index contributed by atoms with van der Waals surface area (Å²) in [5, 5.41) is 12.1. The number of aromatic hydroxyl groups is 1. The molecular formula is C12H14N2O5. The number of aromatic amines is 1. The van der Waals surface area contributed by atoms with Gasteiger partial charge in [-0.15, -0.1) is 0 Å². The van der Waals surface area contributed by atoms with E-state index >= 15 is 0 Å². The third-order valence-corrected chi connectivity index (χ3v) is 2.15. The monoisotopic (exact) mass is 266 g/mol. The van der Waals surface area contributed by atoms with Crippen molar-refractivity contribution in [3.8, 4) is 5.75 Å².